The van der Waals surface area contributed by atoms with Crippen molar-refractivity contribution >= 4 is 16.8 Å². The number of para-hydroxylation sites is 1. The van der Waals surface area contributed by atoms with Gasteiger partial charge in [-0.25, -0.2) is 4.99 Å². The molecule has 0 bridgehead atoms. The lowest BCUT2D eigenvalue weighted by atomic mass is 10.1. The van der Waals surface area contributed by atoms with Crippen molar-refractivity contribution in [1.29, 1.82) is 0 Å². The fourth-order valence-electron chi connectivity index (χ4n) is 2.19. The number of benzene rings is 1. The Kier molecular flexibility index (Phi) is 2.21. The molecule has 0 aliphatic carbocycles. The van der Waals surface area contributed by atoms with E-state index in [4.69, 9.17) is 4.74 Å². The summed E-state index contributed by atoms with van der Waals surface area (Å²) in [6.45, 7) is 4.87. The van der Waals surface area contributed by atoms with Crippen LogP contribution in [0.1, 0.15) is 19.4 Å². The molecular formula is C14H16N2O. The van der Waals surface area contributed by atoms with Crippen molar-refractivity contribution in [2.45, 2.75) is 25.8 Å². The largest absolute Gasteiger partial charge is 0.478 e. The molecule has 0 fully saturated rings. The summed E-state index contributed by atoms with van der Waals surface area (Å²) in [5.74, 6) is 0.847. The van der Waals surface area contributed by atoms with Gasteiger partial charge in [0.2, 0.25) is 0 Å². The molecule has 3 heteroatoms. The van der Waals surface area contributed by atoms with E-state index in [9.17, 15) is 0 Å². The first-order chi connectivity index (χ1) is 8.14. The first kappa shape index (κ1) is 10.4. The summed E-state index contributed by atoms with van der Waals surface area (Å²) in [6, 6.07) is 8.30. The molecule has 3 rings (SSSR count). The van der Waals surface area contributed by atoms with Crippen LogP contribution in [-0.2, 0) is 11.2 Å². The molecule has 1 aliphatic rings. The molecule has 2 heterocycles. The molecule has 88 valence electrons. The molecule has 1 aromatic heterocycles. The van der Waals surface area contributed by atoms with E-state index < -0.39 is 0 Å². The van der Waals surface area contributed by atoms with Gasteiger partial charge in [-0.15, -0.1) is 0 Å². The second-order valence-corrected chi connectivity index (χ2v) is 5.14. The predicted molar refractivity (Wildman–Crippen MR) is 69.5 cm³/mol. The van der Waals surface area contributed by atoms with Gasteiger partial charge in [0, 0.05) is 17.1 Å². The van der Waals surface area contributed by atoms with Gasteiger partial charge in [0.1, 0.15) is 6.61 Å². The van der Waals surface area contributed by atoms with E-state index in [0.29, 0.717) is 6.61 Å². The van der Waals surface area contributed by atoms with Gasteiger partial charge in [-0.1, -0.05) is 18.2 Å². The minimum atomic E-state index is -0.0680. The highest BCUT2D eigenvalue weighted by molar-refractivity contribution is 5.89. The Hall–Kier alpha value is -1.77. The summed E-state index contributed by atoms with van der Waals surface area (Å²) in [7, 11) is 0. The van der Waals surface area contributed by atoms with Crippen molar-refractivity contribution in [2.75, 3.05) is 6.61 Å². The summed E-state index contributed by atoms with van der Waals surface area (Å²) in [5, 5.41) is 1.25. The molecule has 17 heavy (non-hydrogen) atoms. The molecule has 1 N–H and O–H groups in total. The van der Waals surface area contributed by atoms with Gasteiger partial charge in [0.15, 0.2) is 5.90 Å². The molecule has 0 saturated heterocycles. The minimum Gasteiger partial charge on any atom is -0.478 e. The quantitative estimate of drug-likeness (QED) is 0.843. The normalized spacial score (nSPS) is 18.1. The number of hydrogen-bond acceptors (Lipinski definition) is 2. The molecule has 3 nitrogen and oxygen atoms in total. The molecule has 1 aliphatic heterocycles. The Morgan fingerprint density at radius 2 is 2.18 bits per heavy atom. The van der Waals surface area contributed by atoms with E-state index >= 15 is 0 Å². The van der Waals surface area contributed by atoms with Gasteiger partial charge >= 0.3 is 0 Å². The average molecular weight is 228 g/mol. The third-order valence-electron chi connectivity index (χ3n) is 3.04. The summed E-state index contributed by atoms with van der Waals surface area (Å²) >= 11 is 0. The molecule has 2 aromatic rings. The van der Waals surface area contributed by atoms with E-state index in [1.807, 2.05) is 12.3 Å². The van der Waals surface area contributed by atoms with Crippen LogP contribution in [0.4, 0.5) is 0 Å². The number of hydrogen-bond donors (Lipinski definition) is 1. The van der Waals surface area contributed by atoms with E-state index in [1.54, 1.807) is 0 Å². The average Bonchev–Trinajstić information content (AvgIpc) is 2.84. The van der Waals surface area contributed by atoms with Crippen molar-refractivity contribution in [2.24, 2.45) is 4.99 Å². The Labute approximate surface area is 101 Å². The van der Waals surface area contributed by atoms with E-state index in [-0.39, 0.29) is 5.54 Å². The molecule has 1 aromatic carbocycles. The zero-order valence-electron chi connectivity index (χ0n) is 10.2. The van der Waals surface area contributed by atoms with Crippen LogP contribution in [0.15, 0.2) is 35.5 Å². The number of H-pyrrole nitrogens is 1. The highest BCUT2D eigenvalue weighted by Gasteiger charge is 2.26. The zero-order chi connectivity index (χ0) is 11.9. The predicted octanol–water partition coefficient (Wildman–Crippen LogP) is 2.92. The van der Waals surface area contributed by atoms with Crippen LogP contribution < -0.4 is 0 Å². The second-order valence-electron chi connectivity index (χ2n) is 5.14. The van der Waals surface area contributed by atoms with Gasteiger partial charge in [-0.2, -0.15) is 0 Å². The van der Waals surface area contributed by atoms with Crippen molar-refractivity contribution in [1.82, 2.24) is 4.98 Å². The SMILES string of the molecule is CC1(C)COC(Cc2c[nH]c3ccccc23)=N1. The lowest BCUT2D eigenvalue weighted by molar-refractivity contribution is 0.275. The minimum absolute atomic E-state index is 0.0680. The number of fused-ring (bicyclic) bond motifs is 1. The van der Waals surface area contributed by atoms with Crippen LogP contribution in [0.25, 0.3) is 10.9 Å². The standard InChI is InChI=1S/C14H16N2O/c1-14(2)9-17-13(16-14)7-10-8-15-12-6-4-3-5-11(10)12/h3-6,8,15H,7,9H2,1-2H3. The van der Waals surface area contributed by atoms with Crippen molar-refractivity contribution in [3.05, 3.63) is 36.0 Å². The fourth-order valence-corrected chi connectivity index (χ4v) is 2.19. The Bertz CT molecular complexity index is 581. The maximum atomic E-state index is 5.63. The lowest BCUT2D eigenvalue weighted by Crippen LogP contribution is -2.17. The van der Waals surface area contributed by atoms with Crippen LogP contribution in [0, 0.1) is 0 Å². The Morgan fingerprint density at radius 1 is 1.35 bits per heavy atom. The lowest BCUT2D eigenvalue weighted by Gasteiger charge is -2.07. The number of ether oxygens (including phenoxy) is 1. The van der Waals surface area contributed by atoms with Crippen LogP contribution in [-0.4, -0.2) is 23.0 Å². The molecule has 0 spiro atoms. The van der Waals surface area contributed by atoms with Gasteiger partial charge in [0.05, 0.1) is 12.0 Å². The van der Waals surface area contributed by atoms with Crippen molar-refractivity contribution < 1.29 is 4.74 Å². The summed E-state index contributed by atoms with van der Waals surface area (Å²) in [4.78, 5) is 7.85. The number of aromatic nitrogens is 1. The Balaban J connectivity index is 1.91. The maximum Gasteiger partial charge on any atom is 0.188 e. The molecule has 0 unspecified atom stereocenters. The third-order valence-corrected chi connectivity index (χ3v) is 3.04. The summed E-state index contributed by atoms with van der Waals surface area (Å²) in [5.41, 5.74) is 2.35. The van der Waals surface area contributed by atoms with Gasteiger partial charge in [-0.3, -0.25) is 0 Å². The monoisotopic (exact) mass is 228 g/mol. The highest BCUT2D eigenvalue weighted by atomic mass is 16.5. The Morgan fingerprint density at radius 3 is 2.94 bits per heavy atom. The van der Waals surface area contributed by atoms with Crippen molar-refractivity contribution in [3.63, 3.8) is 0 Å². The molecule has 0 amide bonds. The maximum absolute atomic E-state index is 5.63. The summed E-state index contributed by atoms with van der Waals surface area (Å²) in [6.07, 6.45) is 2.81. The number of nitrogens with zero attached hydrogens (tertiary/aromatic N) is 1. The van der Waals surface area contributed by atoms with Gasteiger partial charge in [-0.05, 0) is 25.5 Å². The molecule has 0 atom stereocenters. The molecule has 0 saturated carbocycles. The second kappa shape index (κ2) is 3.62. The number of aromatic amines is 1. The number of nitrogens with one attached hydrogen (secondary N) is 1. The fraction of sp³-hybridized carbons (Fsp3) is 0.357. The number of rotatable bonds is 2. The first-order valence-electron chi connectivity index (χ1n) is 5.91. The van der Waals surface area contributed by atoms with Crippen molar-refractivity contribution in [3.8, 4) is 0 Å². The summed E-state index contributed by atoms with van der Waals surface area (Å²) < 4.78 is 5.63. The van der Waals surface area contributed by atoms with E-state index in [0.717, 1.165) is 12.3 Å². The molecule has 0 radical (unpaired) electrons. The van der Waals surface area contributed by atoms with Crippen LogP contribution >= 0.6 is 0 Å². The first-order valence-corrected chi connectivity index (χ1v) is 5.91. The number of aliphatic imine (C=N–C) groups is 1. The van der Waals surface area contributed by atoms with Crippen LogP contribution in [0.5, 0.6) is 0 Å². The highest BCUT2D eigenvalue weighted by Crippen LogP contribution is 2.22. The van der Waals surface area contributed by atoms with Crippen LogP contribution in [0.2, 0.25) is 0 Å². The third kappa shape index (κ3) is 1.93. The molecular weight excluding hydrogens is 212 g/mol. The van der Waals surface area contributed by atoms with Gasteiger partial charge < -0.3 is 9.72 Å². The van der Waals surface area contributed by atoms with E-state index in [2.05, 4.69) is 42.0 Å². The zero-order valence-corrected chi connectivity index (χ0v) is 10.2. The van der Waals surface area contributed by atoms with E-state index in [1.165, 1.54) is 16.5 Å². The topological polar surface area (TPSA) is 37.4 Å². The van der Waals surface area contributed by atoms with Gasteiger partial charge in [0.25, 0.3) is 0 Å². The smallest absolute Gasteiger partial charge is 0.188 e. The van der Waals surface area contributed by atoms with Crippen LogP contribution in [0.3, 0.4) is 0 Å².